The summed E-state index contributed by atoms with van der Waals surface area (Å²) in [6, 6.07) is 9.79. The van der Waals surface area contributed by atoms with Crippen LogP contribution in [0.15, 0.2) is 29.8 Å². The van der Waals surface area contributed by atoms with E-state index in [9.17, 15) is 0 Å². The molecular formula is C12H12BrN. The third-order valence-electron chi connectivity index (χ3n) is 2.09. The maximum absolute atomic E-state index is 8.88. The lowest BCUT2D eigenvalue weighted by Crippen LogP contribution is -1.92. The Balaban J connectivity index is 3.09. The van der Waals surface area contributed by atoms with Crippen molar-refractivity contribution >= 4 is 22.0 Å². The van der Waals surface area contributed by atoms with Gasteiger partial charge >= 0.3 is 0 Å². The molecule has 0 heterocycles. The Hall–Kier alpha value is -1.07. The lowest BCUT2D eigenvalue weighted by atomic mass is 10.1. The lowest BCUT2D eigenvalue weighted by Gasteiger charge is -2.04. The van der Waals surface area contributed by atoms with Crippen LogP contribution in [0.1, 0.15) is 25.0 Å². The predicted octanol–water partition coefficient (Wildman–Crippen LogP) is 3.74. The fraction of sp³-hybridized carbons (Fsp3) is 0.250. The molecule has 0 aliphatic heterocycles. The van der Waals surface area contributed by atoms with Crippen LogP contribution in [0.5, 0.6) is 0 Å². The molecule has 1 atom stereocenters. The molecule has 0 aromatic heterocycles. The summed E-state index contributed by atoms with van der Waals surface area (Å²) in [5, 5.41) is 8.88. The Morgan fingerprint density at radius 1 is 1.50 bits per heavy atom. The van der Waals surface area contributed by atoms with E-state index in [4.69, 9.17) is 5.26 Å². The van der Waals surface area contributed by atoms with Gasteiger partial charge in [0.05, 0.1) is 11.6 Å². The lowest BCUT2D eigenvalue weighted by molar-refractivity contribution is 1.16. The number of halogens is 1. The molecule has 1 aromatic carbocycles. The zero-order valence-corrected chi connectivity index (χ0v) is 9.88. The number of nitrogens with zero attached hydrogens (tertiary/aromatic N) is 1. The van der Waals surface area contributed by atoms with Crippen molar-refractivity contribution < 1.29 is 0 Å². The first kappa shape index (κ1) is 11.0. The van der Waals surface area contributed by atoms with E-state index in [-0.39, 0.29) is 0 Å². The highest BCUT2D eigenvalue weighted by Crippen LogP contribution is 2.17. The van der Waals surface area contributed by atoms with E-state index in [0.29, 0.717) is 4.83 Å². The Morgan fingerprint density at radius 3 is 2.71 bits per heavy atom. The van der Waals surface area contributed by atoms with Gasteiger partial charge in [-0.15, -0.1) is 0 Å². The van der Waals surface area contributed by atoms with Gasteiger partial charge in [-0.25, -0.2) is 0 Å². The van der Waals surface area contributed by atoms with Gasteiger partial charge in [-0.05, 0) is 25.5 Å². The average molecular weight is 250 g/mol. The van der Waals surface area contributed by atoms with E-state index in [1.807, 2.05) is 37.3 Å². The highest BCUT2D eigenvalue weighted by Gasteiger charge is 2.01. The van der Waals surface area contributed by atoms with Gasteiger partial charge < -0.3 is 0 Å². The minimum atomic E-state index is 0.342. The topological polar surface area (TPSA) is 23.8 Å². The fourth-order valence-electron chi connectivity index (χ4n) is 1.08. The number of nitriles is 1. The molecule has 0 saturated heterocycles. The molecule has 1 rings (SSSR count). The monoisotopic (exact) mass is 249 g/mol. The highest BCUT2D eigenvalue weighted by atomic mass is 79.9. The van der Waals surface area contributed by atoms with Crippen molar-refractivity contribution in [2.75, 3.05) is 0 Å². The largest absolute Gasteiger partial charge is 0.192 e. The van der Waals surface area contributed by atoms with Crippen LogP contribution in [0, 0.1) is 11.3 Å². The molecule has 1 unspecified atom stereocenters. The van der Waals surface area contributed by atoms with Crippen molar-refractivity contribution in [1.82, 2.24) is 0 Å². The Bertz CT molecular complexity index is 386. The summed E-state index contributed by atoms with van der Waals surface area (Å²) in [7, 11) is 0. The van der Waals surface area contributed by atoms with E-state index in [1.54, 1.807) is 0 Å². The minimum absolute atomic E-state index is 0.342. The standard InChI is InChI=1S/C12H12BrN/c1-9(10(2)13)7-11-5-3-4-6-12(11)8-14/h3-7,10H,1-2H3/b9-7+. The van der Waals surface area contributed by atoms with Gasteiger partial charge in [-0.3, -0.25) is 0 Å². The zero-order chi connectivity index (χ0) is 10.6. The second-order valence-electron chi connectivity index (χ2n) is 3.20. The molecule has 1 aromatic rings. The molecule has 0 aliphatic carbocycles. The third kappa shape index (κ3) is 2.71. The molecular weight excluding hydrogens is 238 g/mol. The summed E-state index contributed by atoms with van der Waals surface area (Å²) in [5.74, 6) is 0. The van der Waals surface area contributed by atoms with Gasteiger partial charge in [0.1, 0.15) is 0 Å². The summed E-state index contributed by atoms with van der Waals surface area (Å²) < 4.78 is 0. The molecule has 0 bridgehead atoms. The first-order valence-electron chi connectivity index (χ1n) is 4.46. The third-order valence-corrected chi connectivity index (χ3v) is 2.81. The quantitative estimate of drug-likeness (QED) is 0.733. The summed E-state index contributed by atoms with van der Waals surface area (Å²) in [4.78, 5) is 0.342. The minimum Gasteiger partial charge on any atom is -0.192 e. The Labute approximate surface area is 93.2 Å². The number of allylic oxidation sites excluding steroid dienone is 1. The van der Waals surface area contributed by atoms with Crippen LogP contribution in [0.4, 0.5) is 0 Å². The van der Waals surface area contributed by atoms with E-state index in [0.717, 1.165) is 11.1 Å². The molecule has 0 fully saturated rings. The number of alkyl halides is 1. The summed E-state index contributed by atoms with van der Waals surface area (Å²) in [6.45, 7) is 4.12. The summed E-state index contributed by atoms with van der Waals surface area (Å²) in [6.07, 6.45) is 2.04. The average Bonchev–Trinajstić information content (AvgIpc) is 2.18. The maximum atomic E-state index is 8.88. The second kappa shape index (κ2) is 4.97. The van der Waals surface area contributed by atoms with E-state index < -0.39 is 0 Å². The van der Waals surface area contributed by atoms with Gasteiger partial charge in [0.15, 0.2) is 0 Å². The Kier molecular flexibility index (Phi) is 3.91. The van der Waals surface area contributed by atoms with E-state index in [1.165, 1.54) is 5.57 Å². The molecule has 2 heteroatoms. The molecule has 0 N–H and O–H groups in total. The van der Waals surface area contributed by atoms with Gasteiger partial charge in [0.2, 0.25) is 0 Å². The number of hydrogen-bond acceptors (Lipinski definition) is 1. The molecule has 0 spiro atoms. The first-order valence-corrected chi connectivity index (χ1v) is 5.38. The fourth-order valence-corrected chi connectivity index (χ4v) is 1.22. The van der Waals surface area contributed by atoms with Crippen molar-refractivity contribution in [3.05, 3.63) is 41.0 Å². The van der Waals surface area contributed by atoms with Crippen LogP contribution >= 0.6 is 15.9 Å². The van der Waals surface area contributed by atoms with Crippen LogP contribution in [-0.4, -0.2) is 4.83 Å². The summed E-state index contributed by atoms with van der Waals surface area (Å²) >= 11 is 3.49. The van der Waals surface area contributed by atoms with Crippen molar-refractivity contribution in [2.24, 2.45) is 0 Å². The van der Waals surface area contributed by atoms with E-state index in [2.05, 4.69) is 28.9 Å². The Morgan fingerprint density at radius 2 is 2.14 bits per heavy atom. The van der Waals surface area contributed by atoms with Crippen LogP contribution < -0.4 is 0 Å². The number of benzene rings is 1. The van der Waals surface area contributed by atoms with Crippen LogP contribution in [-0.2, 0) is 0 Å². The second-order valence-corrected chi connectivity index (χ2v) is 4.58. The van der Waals surface area contributed by atoms with Gasteiger partial charge in [-0.1, -0.05) is 45.8 Å². The van der Waals surface area contributed by atoms with Crippen LogP contribution in [0.3, 0.4) is 0 Å². The SMILES string of the molecule is C/C(=C\c1ccccc1C#N)C(C)Br. The molecule has 72 valence electrons. The van der Waals surface area contributed by atoms with E-state index >= 15 is 0 Å². The normalized spacial score (nSPS) is 13.4. The molecule has 0 radical (unpaired) electrons. The molecule has 1 nitrogen and oxygen atoms in total. The summed E-state index contributed by atoms with van der Waals surface area (Å²) in [5.41, 5.74) is 2.92. The first-order chi connectivity index (χ1) is 6.65. The van der Waals surface area contributed by atoms with Crippen LogP contribution in [0.25, 0.3) is 6.08 Å². The number of hydrogen-bond donors (Lipinski definition) is 0. The maximum Gasteiger partial charge on any atom is 0.0997 e. The smallest absolute Gasteiger partial charge is 0.0997 e. The van der Waals surface area contributed by atoms with Gasteiger partial charge in [-0.2, -0.15) is 5.26 Å². The van der Waals surface area contributed by atoms with Crippen molar-refractivity contribution in [3.63, 3.8) is 0 Å². The highest BCUT2D eigenvalue weighted by molar-refractivity contribution is 9.09. The van der Waals surface area contributed by atoms with Gasteiger partial charge in [0.25, 0.3) is 0 Å². The molecule has 0 aliphatic rings. The zero-order valence-electron chi connectivity index (χ0n) is 8.29. The number of rotatable bonds is 2. The molecule has 0 saturated carbocycles. The predicted molar refractivity (Wildman–Crippen MR) is 63.2 cm³/mol. The molecule has 14 heavy (non-hydrogen) atoms. The van der Waals surface area contributed by atoms with Crippen molar-refractivity contribution in [2.45, 2.75) is 18.7 Å². The van der Waals surface area contributed by atoms with Crippen molar-refractivity contribution in [1.29, 1.82) is 5.26 Å². The van der Waals surface area contributed by atoms with Crippen molar-refractivity contribution in [3.8, 4) is 6.07 Å². The van der Waals surface area contributed by atoms with Gasteiger partial charge in [0, 0.05) is 4.83 Å². The molecule has 0 amide bonds. The van der Waals surface area contributed by atoms with Crippen LogP contribution in [0.2, 0.25) is 0 Å².